The van der Waals surface area contributed by atoms with Crippen LogP contribution < -0.4 is 0 Å². The van der Waals surface area contributed by atoms with Gasteiger partial charge in [0, 0.05) is 0 Å². The lowest BCUT2D eigenvalue weighted by atomic mass is 9.94. The fraction of sp³-hybridized carbons (Fsp3) is 1.00. The van der Waals surface area contributed by atoms with Crippen LogP contribution in [0.1, 0.15) is 33.6 Å². The fourth-order valence-electron chi connectivity index (χ4n) is 1.14. The second-order valence-electron chi connectivity index (χ2n) is 4.12. The van der Waals surface area contributed by atoms with Crippen molar-refractivity contribution >= 4 is 0 Å². The maximum atomic E-state index is 9.49. The molecule has 0 radical (unpaired) electrons. The standard InChI is InChI=1S/C10H22O3/c1-7(2)9(12)5-4-8(3)10(13)6-11/h7-13H,4-6H2,1-3H3/t8-,9-,10+/m1/s1. The van der Waals surface area contributed by atoms with Crippen LogP contribution in [0.3, 0.4) is 0 Å². The molecule has 3 atom stereocenters. The number of hydrogen-bond donors (Lipinski definition) is 3. The molecule has 0 spiro atoms. The summed E-state index contributed by atoms with van der Waals surface area (Å²) < 4.78 is 0. The summed E-state index contributed by atoms with van der Waals surface area (Å²) in [5.74, 6) is 0.317. The molecule has 0 saturated carbocycles. The average molecular weight is 190 g/mol. The van der Waals surface area contributed by atoms with Crippen LogP contribution in [0, 0.1) is 11.8 Å². The van der Waals surface area contributed by atoms with Crippen LogP contribution in [0.15, 0.2) is 0 Å². The van der Waals surface area contributed by atoms with E-state index in [2.05, 4.69) is 0 Å². The topological polar surface area (TPSA) is 60.7 Å². The van der Waals surface area contributed by atoms with E-state index < -0.39 is 6.10 Å². The van der Waals surface area contributed by atoms with Gasteiger partial charge < -0.3 is 15.3 Å². The Hall–Kier alpha value is -0.120. The minimum Gasteiger partial charge on any atom is -0.394 e. The van der Waals surface area contributed by atoms with Gasteiger partial charge in [0.25, 0.3) is 0 Å². The van der Waals surface area contributed by atoms with Gasteiger partial charge >= 0.3 is 0 Å². The molecule has 0 aromatic rings. The van der Waals surface area contributed by atoms with Gasteiger partial charge in [-0.15, -0.1) is 0 Å². The van der Waals surface area contributed by atoms with Gasteiger partial charge in [-0.25, -0.2) is 0 Å². The zero-order valence-corrected chi connectivity index (χ0v) is 8.77. The summed E-state index contributed by atoms with van der Waals surface area (Å²) in [6.07, 6.45) is 0.490. The Morgan fingerprint density at radius 1 is 0.923 bits per heavy atom. The Balaban J connectivity index is 3.63. The summed E-state index contributed by atoms with van der Waals surface area (Å²) >= 11 is 0. The number of hydrogen-bond acceptors (Lipinski definition) is 3. The van der Waals surface area contributed by atoms with Gasteiger partial charge in [0.15, 0.2) is 0 Å². The molecule has 0 bridgehead atoms. The molecule has 13 heavy (non-hydrogen) atoms. The third-order valence-corrected chi connectivity index (χ3v) is 2.53. The Morgan fingerprint density at radius 3 is 1.85 bits per heavy atom. The van der Waals surface area contributed by atoms with Gasteiger partial charge in [0.05, 0.1) is 18.8 Å². The van der Waals surface area contributed by atoms with E-state index in [1.54, 1.807) is 0 Å². The zero-order chi connectivity index (χ0) is 10.4. The molecule has 0 aliphatic heterocycles. The van der Waals surface area contributed by atoms with Crippen molar-refractivity contribution in [2.45, 2.75) is 45.8 Å². The molecule has 0 amide bonds. The summed E-state index contributed by atoms with van der Waals surface area (Å²) in [4.78, 5) is 0. The molecule has 0 aliphatic rings. The van der Waals surface area contributed by atoms with E-state index in [1.165, 1.54) is 0 Å². The predicted octanol–water partition coefficient (Wildman–Crippen LogP) is 0.773. The molecule has 0 aromatic carbocycles. The largest absolute Gasteiger partial charge is 0.394 e. The minimum atomic E-state index is -0.653. The third kappa shape index (κ3) is 5.24. The van der Waals surface area contributed by atoms with Crippen LogP contribution >= 0.6 is 0 Å². The van der Waals surface area contributed by atoms with Gasteiger partial charge in [0.1, 0.15) is 0 Å². The van der Waals surface area contributed by atoms with Crippen LogP contribution in [0.2, 0.25) is 0 Å². The fourth-order valence-corrected chi connectivity index (χ4v) is 1.14. The van der Waals surface area contributed by atoms with E-state index >= 15 is 0 Å². The van der Waals surface area contributed by atoms with Crippen molar-refractivity contribution in [3.63, 3.8) is 0 Å². The number of aliphatic hydroxyl groups excluding tert-OH is 3. The Bertz CT molecular complexity index is 125. The van der Waals surface area contributed by atoms with E-state index in [4.69, 9.17) is 5.11 Å². The molecule has 0 heterocycles. The summed E-state index contributed by atoms with van der Waals surface area (Å²) in [7, 11) is 0. The van der Waals surface area contributed by atoms with Crippen LogP contribution in [-0.4, -0.2) is 34.1 Å². The first-order chi connectivity index (χ1) is 5.99. The second kappa shape index (κ2) is 6.35. The summed E-state index contributed by atoms with van der Waals surface area (Å²) in [5.41, 5.74) is 0. The van der Waals surface area contributed by atoms with Crippen molar-refractivity contribution in [2.75, 3.05) is 6.61 Å². The normalized spacial score (nSPS) is 18.7. The van der Waals surface area contributed by atoms with Crippen LogP contribution in [-0.2, 0) is 0 Å². The van der Waals surface area contributed by atoms with Gasteiger partial charge in [0.2, 0.25) is 0 Å². The molecule has 3 nitrogen and oxygen atoms in total. The van der Waals surface area contributed by atoms with E-state index in [0.29, 0.717) is 6.42 Å². The van der Waals surface area contributed by atoms with Gasteiger partial charge in [-0.1, -0.05) is 20.8 Å². The summed E-state index contributed by atoms with van der Waals surface area (Å²) in [5, 5.41) is 27.4. The molecule has 0 fully saturated rings. The Labute approximate surface area is 80.4 Å². The molecule has 0 aromatic heterocycles. The van der Waals surface area contributed by atoms with E-state index in [1.807, 2.05) is 20.8 Å². The lowest BCUT2D eigenvalue weighted by Gasteiger charge is -2.20. The minimum absolute atomic E-state index is 0.0541. The monoisotopic (exact) mass is 190 g/mol. The van der Waals surface area contributed by atoms with Crippen LogP contribution in [0.4, 0.5) is 0 Å². The maximum absolute atomic E-state index is 9.49. The first kappa shape index (κ1) is 12.9. The Morgan fingerprint density at radius 2 is 1.46 bits per heavy atom. The lowest BCUT2D eigenvalue weighted by molar-refractivity contribution is 0.0388. The highest BCUT2D eigenvalue weighted by atomic mass is 16.3. The molecule has 0 aliphatic carbocycles. The van der Waals surface area contributed by atoms with E-state index in [0.717, 1.165) is 6.42 Å². The molecular formula is C10H22O3. The molecule has 0 saturated heterocycles. The van der Waals surface area contributed by atoms with Crippen molar-refractivity contribution < 1.29 is 15.3 Å². The van der Waals surface area contributed by atoms with E-state index in [-0.39, 0.29) is 24.5 Å². The first-order valence-corrected chi connectivity index (χ1v) is 4.96. The van der Waals surface area contributed by atoms with Crippen molar-refractivity contribution in [1.82, 2.24) is 0 Å². The van der Waals surface area contributed by atoms with E-state index in [9.17, 15) is 10.2 Å². The van der Waals surface area contributed by atoms with Crippen molar-refractivity contribution in [1.29, 1.82) is 0 Å². The third-order valence-electron chi connectivity index (χ3n) is 2.53. The van der Waals surface area contributed by atoms with Crippen LogP contribution in [0.5, 0.6) is 0 Å². The first-order valence-electron chi connectivity index (χ1n) is 4.96. The highest BCUT2D eigenvalue weighted by Crippen LogP contribution is 2.15. The second-order valence-corrected chi connectivity index (χ2v) is 4.12. The zero-order valence-electron chi connectivity index (χ0n) is 8.77. The van der Waals surface area contributed by atoms with Crippen molar-refractivity contribution in [2.24, 2.45) is 11.8 Å². The highest BCUT2D eigenvalue weighted by Gasteiger charge is 2.16. The van der Waals surface area contributed by atoms with Gasteiger partial charge in [-0.05, 0) is 24.7 Å². The molecule has 3 N–H and O–H groups in total. The molecule has 0 unspecified atom stereocenters. The SMILES string of the molecule is CC(C)[C@H](O)CC[C@@H](C)[C@@H](O)CO. The average Bonchev–Trinajstić information content (AvgIpc) is 2.11. The Kier molecular flexibility index (Phi) is 6.29. The summed E-state index contributed by atoms with van der Waals surface area (Å²) in [6, 6.07) is 0. The van der Waals surface area contributed by atoms with Crippen molar-refractivity contribution in [3.8, 4) is 0 Å². The molecule has 80 valence electrons. The van der Waals surface area contributed by atoms with Crippen molar-refractivity contribution in [3.05, 3.63) is 0 Å². The molecule has 0 rings (SSSR count). The highest BCUT2D eigenvalue weighted by molar-refractivity contribution is 4.67. The number of aliphatic hydroxyl groups is 3. The lowest BCUT2D eigenvalue weighted by Crippen LogP contribution is -2.24. The summed E-state index contributed by atoms with van der Waals surface area (Å²) in [6.45, 7) is 5.63. The quantitative estimate of drug-likeness (QED) is 0.580. The smallest absolute Gasteiger partial charge is 0.0796 e. The van der Waals surface area contributed by atoms with Gasteiger partial charge in [-0.3, -0.25) is 0 Å². The molecular weight excluding hydrogens is 168 g/mol. The molecule has 3 heteroatoms. The van der Waals surface area contributed by atoms with Gasteiger partial charge in [-0.2, -0.15) is 0 Å². The predicted molar refractivity (Wildman–Crippen MR) is 52.3 cm³/mol. The number of rotatable bonds is 6. The van der Waals surface area contributed by atoms with Crippen LogP contribution in [0.25, 0.3) is 0 Å². The maximum Gasteiger partial charge on any atom is 0.0796 e.